The van der Waals surface area contributed by atoms with Crippen molar-refractivity contribution in [2.24, 2.45) is 0 Å². The molecule has 1 spiro atoms. The highest BCUT2D eigenvalue weighted by atomic mass is 16.7. The molecule has 5 atom stereocenters. The van der Waals surface area contributed by atoms with Gasteiger partial charge >= 0.3 is 17.6 Å². The second-order valence-electron chi connectivity index (χ2n) is 7.91. The van der Waals surface area contributed by atoms with Crippen molar-refractivity contribution in [3.63, 3.8) is 0 Å². The van der Waals surface area contributed by atoms with Crippen LogP contribution >= 0.6 is 0 Å². The van der Waals surface area contributed by atoms with E-state index < -0.39 is 53.3 Å². The summed E-state index contributed by atoms with van der Waals surface area (Å²) in [5, 5.41) is 0. The number of aromatic nitrogens is 2. The van der Waals surface area contributed by atoms with Crippen LogP contribution in [0, 0.1) is 0 Å². The molecule has 174 valence electrons. The van der Waals surface area contributed by atoms with Crippen molar-refractivity contribution < 1.29 is 28.5 Å². The number of nitrogens with zero attached hydrogens (tertiary/aromatic N) is 1. The third-order valence-corrected chi connectivity index (χ3v) is 5.59. The van der Waals surface area contributed by atoms with Crippen LogP contribution in [0.5, 0.6) is 0 Å². The van der Waals surface area contributed by atoms with Crippen LogP contribution in [0.2, 0.25) is 0 Å². The highest BCUT2D eigenvalue weighted by Crippen LogP contribution is 2.47. The second kappa shape index (κ2) is 9.16. The molecule has 2 aromatic rings. The molecule has 10 nitrogen and oxygen atoms in total. The van der Waals surface area contributed by atoms with Gasteiger partial charge in [0.05, 0.1) is 6.61 Å². The maximum atomic E-state index is 12.5. The van der Waals surface area contributed by atoms with E-state index in [1.165, 1.54) is 20.0 Å². The molecule has 10 heteroatoms. The second-order valence-corrected chi connectivity index (χ2v) is 7.91. The number of carbonyl (C=O) groups is 2. The van der Waals surface area contributed by atoms with Gasteiger partial charge in [0, 0.05) is 32.5 Å². The van der Waals surface area contributed by atoms with Gasteiger partial charge in [0.1, 0.15) is 12.2 Å². The minimum atomic E-state index is -1.32. The first-order valence-corrected chi connectivity index (χ1v) is 10.5. The summed E-state index contributed by atoms with van der Waals surface area (Å²) in [4.78, 5) is 50.1. The molecule has 0 radical (unpaired) electrons. The molecule has 0 amide bonds. The lowest BCUT2D eigenvalue weighted by molar-refractivity contribution is -0.177. The van der Waals surface area contributed by atoms with Crippen LogP contribution in [0.4, 0.5) is 0 Å². The zero-order valence-electron chi connectivity index (χ0n) is 18.1. The normalized spacial score (nSPS) is 28.2. The largest absolute Gasteiger partial charge is 0.459 e. The SMILES string of the molecule is CC(=O)O[C@H]1[C@H](n2ccc(=O)[nH]c2=O)O[C@]2(C=CC[C@@H]2OC(C)=O)[C@@H]1OCc1ccccc1. The van der Waals surface area contributed by atoms with Crippen molar-refractivity contribution in [1.29, 1.82) is 0 Å². The first kappa shape index (κ1) is 22.7. The Balaban J connectivity index is 1.78. The molecule has 2 aliphatic rings. The maximum absolute atomic E-state index is 12.5. The Morgan fingerprint density at radius 1 is 1.12 bits per heavy atom. The molecule has 1 saturated heterocycles. The zero-order chi connectivity index (χ0) is 23.6. The molecular formula is C23H24N2O8. The third-order valence-electron chi connectivity index (χ3n) is 5.59. The number of H-pyrrole nitrogens is 1. The van der Waals surface area contributed by atoms with Crippen molar-refractivity contribution >= 4 is 11.9 Å². The fourth-order valence-electron chi connectivity index (χ4n) is 4.29. The van der Waals surface area contributed by atoms with Crippen LogP contribution in [-0.2, 0) is 35.1 Å². The molecular weight excluding hydrogens is 432 g/mol. The molecule has 4 rings (SSSR count). The molecule has 0 bridgehead atoms. The van der Waals surface area contributed by atoms with Crippen LogP contribution < -0.4 is 11.2 Å². The van der Waals surface area contributed by atoms with E-state index in [4.69, 9.17) is 18.9 Å². The molecule has 1 aromatic carbocycles. The average Bonchev–Trinajstić information content (AvgIpc) is 3.28. The van der Waals surface area contributed by atoms with Gasteiger partial charge < -0.3 is 18.9 Å². The number of carbonyl (C=O) groups excluding carboxylic acids is 2. The summed E-state index contributed by atoms with van der Waals surface area (Å²) in [5.74, 6) is -1.12. The van der Waals surface area contributed by atoms with Gasteiger partial charge in [-0.1, -0.05) is 42.5 Å². The number of rotatable bonds is 6. The summed E-state index contributed by atoms with van der Waals surface area (Å²) in [6, 6.07) is 10.5. The lowest BCUT2D eigenvalue weighted by Crippen LogP contribution is -2.52. The minimum Gasteiger partial charge on any atom is -0.459 e. The number of aromatic amines is 1. The summed E-state index contributed by atoms with van der Waals surface area (Å²) >= 11 is 0. The van der Waals surface area contributed by atoms with Gasteiger partial charge in [-0.15, -0.1) is 0 Å². The number of hydrogen-bond acceptors (Lipinski definition) is 8. The van der Waals surface area contributed by atoms with Crippen molar-refractivity contribution in [2.45, 2.75) is 57.0 Å². The molecule has 33 heavy (non-hydrogen) atoms. The van der Waals surface area contributed by atoms with Gasteiger partial charge in [0.25, 0.3) is 5.56 Å². The standard InChI is InChI=1S/C23H24N2O8/c1-14(26)31-17-9-6-11-23(17)20(30-13-16-7-4-3-5-8-16)19(32-15(2)27)21(33-23)25-12-10-18(28)24-22(25)29/h3-8,10-12,17,19-21H,9,13H2,1-2H3,(H,24,28,29)/t17-,19+,20+,21+,23-/m0/s1. The van der Waals surface area contributed by atoms with Crippen molar-refractivity contribution in [1.82, 2.24) is 9.55 Å². The van der Waals surface area contributed by atoms with E-state index >= 15 is 0 Å². The predicted molar refractivity (Wildman–Crippen MR) is 114 cm³/mol. The van der Waals surface area contributed by atoms with E-state index in [9.17, 15) is 19.2 Å². The third kappa shape index (κ3) is 4.53. The Bertz CT molecular complexity index is 1170. The number of benzene rings is 1. The van der Waals surface area contributed by atoms with E-state index in [0.717, 1.165) is 16.2 Å². The number of ether oxygens (including phenoxy) is 4. The average molecular weight is 456 g/mol. The van der Waals surface area contributed by atoms with Crippen molar-refractivity contribution in [3.8, 4) is 0 Å². The number of esters is 2. The Morgan fingerprint density at radius 3 is 2.52 bits per heavy atom. The van der Waals surface area contributed by atoms with E-state index in [-0.39, 0.29) is 6.61 Å². The highest BCUT2D eigenvalue weighted by molar-refractivity contribution is 5.67. The molecule has 1 N–H and O–H groups in total. The van der Waals surface area contributed by atoms with Crippen LogP contribution in [0.25, 0.3) is 0 Å². The lowest BCUT2D eigenvalue weighted by Gasteiger charge is -2.34. The zero-order valence-corrected chi connectivity index (χ0v) is 18.1. The van der Waals surface area contributed by atoms with E-state index in [1.807, 2.05) is 30.3 Å². The number of nitrogens with one attached hydrogen (secondary N) is 1. The minimum absolute atomic E-state index is 0.155. The maximum Gasteiger partial charge on any atom is 0.330 e. The molecule has 0 saturated carbocycles. The fraction of sp³-hybridized carbons (Fsp3) is 0.391. The summed E-state index contributed by atoms with van der Waals surface area (Å²) in [6.45, 7) is 2.68. The molecule has 1 aromatic heterocycles. The molecule has 1 fully saturated rings. The molecule has 1 aliphatic carbocycles. The van der Waals surface area contributed by atoms with Gasteiger partial charge in [0.2, 0.25) is 0 Å². The summed E-state index contributed by atoms with van der Waals surface area (Å²) in [7, 11) is 0. The van der Waals surface area contributed by atoms with Gasteiger partial charge in [-0.25, -0.2) is 4.79 Å². The van der Waals surface area contributed by atoms with Gasteiger partial charge in [-0.3, -0.25) is 23.9 Å². The Labute approximate surface area is 188 Å². The van der Waals surface area contributed by atoms with Crippen molar-refractivity contribution in [3.05, 3.63) is 81.1 Å². The van der Waals surface area contributed by atoms with Gasteiger partial charge in [-0.2, -0.15) is 0 Å². The first-order chi connectivity index (χ1) is 15.8. The predicted octanol–water partition coefficient (Wildman–Crippen LogP) is 1.21. The highest BCUT2D eigenvalue weighted by Gasteiger charge is 2.63. The molecule has 0 unspecified atom stereocenters. The summed E-state index contributed by atoms with van der Waals surface area (Å²) < 4.78 is 24.8. The van der Waals surface area contributed by atoms with E-state index in [0.29, 0.717) is 6.42 Å². The molecule has 2 heterocycles. The summed E-state index contributed by atoms with van der Waals surface area (Å²) in [5.41, 5.74) is -1.77. The van der Waals surface area contributed by atoms with Crippen LogP contribution in [-0.4, -0.2) is 45.4 Å². The van der Waals surface area contributed by atoms with Crippen LogP contribution in [0.3, 0.4) is 0 Å². The summed E-state index contributed by atoms with van der Waals surface area (Å²) in [6.07, 6.45) is 1.21. The quantitative estimate of drug-likeness (QED) is 0.508. The monoisotopic (exact) mass is 456 g/mol. The van der Waals surface area contributed by atoms with Crippen molar-refractivity contribution in [2.75, 3.05) is 0 Å². The van der Waals surface area contributed by atoms with E-state index in [1.54, 1.807) is 12.2 Å². The lowest BCUT2D eigenvalue weighted by atomic mass is 9.91. The topological polar surface area (TPSA) is 126 Å². The van der Waals surface area contributed by atoms with E-state index in [2.05, 4.69) is 4.98 Å². The Morgan fingerprint density at radius 2 is 1.85 bits per heavy atom. The fourth-order valence-corrected chi connectivity index (χ4v) is 4.29. The Hall–Kier alpha value is -3.50. The van der Waals surface area contributed by atoms with Gasteiger partial charge in [-0.05, 0) is 5.56 Å². The molecule has 1 aliphatic heterocycles. The van der Waals surface area contributed by atoms with Gasteiger partial charge in [0.15, 0.2) is 17.9 Å². The van der Waals surface area contributed by atoms with Crippen LogP contribution in [0.15, 0.2) is 64.3 Å². The van der Waals surface area contributed by atoms with Crippen LogP contribution in [0.1, 0.15) is 32.1 Å². The number of hydrogen-bond donors (Lipinski definition) is 1. The Kier molecular flexibility index (Phi) is 6.30. The smallest absolute Gasteiger partial charge is 0.330 e. The first-order valence-electron chi connectivity index (χ1n) is 10.5.